The lowest BCUT2D eigenvalue weighted by atomic mass is 9.86. The van der Waals surface area contributed by atoms with E-state index in [1.165, 1.54) is 24.0 Å². The predicted molar refractivity (Wildman–Crippen MR) is 88.1 cm³/mol. The van der Waals surface area contributed by atoms with E-state index in [1.807, 2.05) is 0 Å². The van der Waals surface area contributed by atoms with Gasteiger partial charge in [-0.2, -0.15) is 0 Å². The van der Waals surface area contributed by atoms with Crippen molar-refractivity contribution in [1.82, 2.24) is 0 Å². The molecule has 0 aliphatic heterocycles. The van der Waals surface area contributed by atoms with Crippen molar-refractivity contribution < 1.29 is 0 Å². The summed E-state index contributed by atoms with van der Waals surface area (Å²) >= 11 is 4.03. The lowest BCUT2D eigenvalue weighted by Gasteiger charge is -2.20. The molecule has 4 rings (SSSR count). The molecule has 0 saturated heterocycles. The van der Waals surface area contributed by atoms with Crippen molar-refractivity contribution in [2.45, 2.75) is 50.3 Å². The normalized spacial score (nSPS) is 39.7. The molecule has 108 valence electrons. The second-order valence-electron chi connectivity index (χ2n) is 8.34. The lowest BCUT2D eigenvalue weighted by molar-refractivity contribution is 0.456. The van der Waals surface area contributed by atoms with Crippen molar-refractivity contribution >= 4 is 15.9 Å². The topological polar surface area (TPSA) is 0 Å². The molecule has 0 nitrogen and oxygen atoms in total. The van der Waals surface area contributed by atoms with Crippen LogP contribution in [0.5, 0.6) is 0 Å². The smallest absolute Gasteiger partial charge is 0.0429 e. The van der Waals surface area contributed by atoms with E-state index in [1.54, 1.807) is 6.42 Å². The zero-order chi connectivity index (χ0) is 14.1. The van der Waals surface area contributed by atoms with Gasteiger partial charge in [0, 0.05) is 4.83 Å². The number of halogens is 1. The predicted octanol–water partition coefficient (Wildman–Crippen LogP) is 5.71. The van der Waals surface area contributed by atoms with Gasteiger partial charge in [0.15, 0.2) is 0 Å². The number of benzene rings is 1. The molecule has 5 unspecified atom stereocenters. The average Bonchev–Trinajstić information content (AvgIpc) is 2.84. The van der Waals surface area contributed by atoms with Crippen LogP contribution in [0.25, 0.3) is 0 Å². The second kappa shape index (κ2) is 4.35. The van der Waals surface area contributed by atoms with Crippen LogP contribution in [-0.2, 0) is 5.41 Å². The first-order valence-corrected chi connectivity index (χ1v) is 9.13. The molecule has 1 aromatic rings. The third-order valence-corrected chi connectivity index (χ3v) is 7.37. The van der Waals surface area contributed by atoms with Crippen LogP contribution >= 0.6 is 15.9 Å². The average molecular weight is 333 g/mol. The number of alkyl halides is 1. The highest BCUT2D eigenvalue weighted by Gasteiger charge is 2.66. The quantitative estimate of drug-likeness (QED) is 0.608. The molecule has 0 N–H and O–H groups in total. The number of hydrogen-bond acceptors (Lipinski definition) is 0. The van der Waals surface area contributed by atoms with E-state index in [0.29, 0.717) is 4.83 Å². The maximum atomic E-state index is 4.03. The molecule has 3 saturated carbocycles. The Morgan fingerprint density at radius 3 is 2.05 bits per heavy atom. The van der Waals surface area contributed by atoms with Gasteiger partial charge in [-0.15, -0.1) is 0 Å². The highest BCUT2D eigenvalue weighted by atomic mass is 79.9. The van der Waals surface area contributed by atoms with Crippen LogP contribution in [0.4, 0.5) is 0 Å². The van der Waals surface area contributed by atoms with Gasteiger partial charge in [0.1, 0.15) is 0 Å². The maximum Gasteiger partial charge on any atom is 0.0429 e. The molecule has 0 aromatic heterocycles. The Morgan fingerprint density at radius 2 is 1.55 bits per heavy atom. The number of rotatable bonds is 2. The molecule has 1 heteroatoms. The summed E-state index contributed by atoms with van der Waals surface area (Å²) in [7, 11) is 0. The summed E-state index contributed by atoms with van der Waals surface area (Å²) < 4.78 is 0. The Kier molecular flexibility index (Phi) is 2.91. The van der Waals surface area contributed by atoms with Crippen LogP contribution in [0.3, 0.4) is 0 Å². The fourth-order valence-corrected chi connectivity index (χ4v) is 6.18. The zero-order valence-corrected chi connectivity index (χ0v) is 14.4. The highest BCUT2D eigenvalue weighted by Crippen LogP contribution is 2.73. The van der Waals surface area contributed by atoms with E-state index in [4.69, 9.17) is 0 Å². The van der Waals surface area contributed by atoms with Crippen LogP contribution in [0.1, 0.15) is 56.0 Å². The first-order chi connectivity index (χ1) is 9.47. The van der Waals surface area contributed by atoms with Crippen LogP contribution in [0.15, 0.2) is 24.3 Å². The van der Waals surface area contributed by atoms with E-state index < -0.39 is 0 Å². The molecule has 0 spiro atoms. The Labute approximate surface area is 131 Å². The van der Waals surface area contributed by atoms with Crippen LogP contribution < -0.4 is 0 Å². The van der Waals surface area contributed by atoms with Gasteiger partial charge < -0.3 is 0 Å². The lowest BCUT2D eigenvalue weighted by Crippen LogP contribution is -2.11. The third-order valence-electron chi connectivity index (χ3n) is 6.23. The third kappa shape index (κ3) is 1.92. The molecule has 2 bridgehead atoms. The van der Waals surface area contributed by atoms with E-state index in [0.717, 1.165) is 29.6 Å². The second-order valence-corrected chi connectivity index (χ2v) is 9.33. The van der Waals surface area contributed by atoms with Crippen molar-refractivity contribution in [2.75, 3.05) is 0 Å². The highest BCUT2D eigenvalue weighted by molar-refractivity contribution is 9.09. The number of fused-ring (bicyclic) bond motifs is 5. The summed E-state index contributed by atoms with van der Waals surface area (Å²) in [6, 6.07) is 9.37. The maximum absolute atomic E-state index is 4.03. The van der Waals surface area contributed by atoms with Gasteiger partial charge in [-0.05, 0) is 65.4 Å². The monoisotopic (exact) mass is 332 g/mol. The molecular formula is C19H25Br. The van der Waals surface area contributed by atoms with Crippen molar-refractivity contribution in [1.29, 1.82) is 0 Å². The summed E-state index contributed by atoms with van der Waals surface area (Å²) in [5, 5.41) is 0. The van der Waals surface area contributed by atoms with E-state index >= 15 is 0 Å². The van der Waals surface area contributed by atoms with Gasteiger partial charge in [0.25, 0.3) is 0 Å². The van der Waals surface area contributed by atoms with Gasteiger partial charge in [0.05, 0.1) is 0 Å². The van der Waals surface area contributed by atoms with Crippen LogP contribution in [0.2, 0.25) is 0 Å². The largest absolute Gasteiger partial charge is 0.0836 e. The van der Waals surface area contributed by atoms with Gasteiger partial charge in [-0.3, -0.25) is 0 Å². The molecule has 1 aromatic carbocycles. The number of hydrogen-bond donors (Lipinski definition) is 0. The standard InChI is InChI=1S/C19H25Br/c1-19(2,3)14-8-6-11(7-9-14)18(20)17-15-12-4-5-13(10-12)16(15)17/h6-9,12-13,15-18H,4-5,10H2,1-3H3. The molecule has 0 heterocycles. The summed E-state index contributed by atoms with van der Waals surface area (Å²) in [4.78, 5) is 0.593. The van der Waals surface area contributed by atoms with Crippen LogP contribution in [-0.4, -0.2) is 0 Å². The Bertz CT molecular complexity index is 494. The first-order valence-electron chi connectivity index (χ1n) is 8.21. The fraction of sp³-hybridized carbons (Fsp3) is 0.684. The minimum absolute atomic E-state index is 0.259. The molecule has 3 fully saturated rings. The van der Waals surface area contributed by atoms with Crippen molar-refractivity contribution in [3.63, 3.8) is 0 Å². The fourth-order valence-electron chi connectivity index (χ4n) is 5.17. The molecule has 5 atom stereocenters. The van der Waals surface area contributed by atoms with Crippen molar-refractivity contribution in [2.24, 2.45) is 29.6 Å². The molecule has 3 aliphatic rings. The Balaban J connectivity index is 1.51. The minimum atomic E-state index is 0.259. The Hall–Kier alpha value is -0.300. The SMILES string of the molecule is CC(C)(C)c1ccc(C(Br)C2C3C4CCC(C4)C32)cc1. The van der Waals surface area contributed by atoms with Crippen molar-refractivity contribution in [3.05, 3.63) is 35.4 Å². The van der Waals surface area contributed by atoms with Crippen LogP contribution in [0, 0.1) is 29.6 Å². The van der Waals surface area contributed by atoms with E-state index in [-0.39, 0.29) is 5.41 Å². The molecular weight excluding hydrogens is 308 g/mol. The minimum Gasteiger partial charge on any atom is -0.0836 e. The zero-order valence-electron chi connectivity index (χ0n) is 12.8. The summed E-state index contributed by atoms with van der Waals surface area (Å²) in [6.45, 7) is 6.86. The molecule has 20 heavy (non-hydrogen) atoms. The summed E-state index contributed by atoms with van der Waals surface area (Å²) in [5.41, 5.74) is 3.20. The van der Waals surface area contributed by atoms with Crippen molar-refractivity contribution in [3.8, 4) is 0 Å². The van der Waals surface area contributed by atoms with E-state index in [2.05, 4.69) is 61.0 Å². The summed E-state index contributed by atoms with van der Waals surface area (Å²) in [6.07, 6.45) is 4.59. The van der Waals surface area contributed by atoms with Gasteiger partial charge in [0.2, 0.25) is 0 Å². The molecule has 0 radical (unpaired) electrons. The van der Waals surface area contributed by atoms with Gasteiger partial charge >= 0.3 is 0 Å². The first kappa shape index (κ1) is 13.4. The van der Waals surface area contributed by atoms with Gasteiger partial charge in [-0.25, -0.2) is 0 Å². The summed E-state index contributed by atoms with van der Waals surface area (Å²) in [5.74, 6) is 5.19. The molecule has 3 aliphatic carbocycles. The van der Waals surface area contributed by atoms with E-state index in [9.17, 15) is 0 Å². The molecule has 0 amide bonds. The Morgan fingerprint density at radius 1 is 1.00 bits per heavy atom. The van der Waals surface area contributed by atoms with Gasteiger partial charge in [-0.1, -0.05) is 61.0 Å².